The number of nitrogens with zero attached hydrogens (tertiary/aromatic N) is 2. The van der Waals surface area contributed by atoms with Crippen molar-refractivity contribution < 1.29 is 4.79 Å². The zero-order valence-electron chi connectivity index (χ0n) is 11.7. The molecule has 1 aromatic rings. The third kappa shape index (κ3) is 4.11. The minimum Gasteiger partial charge on any atom is -0.344 e. The summed E-state index contributed by atoms with van der Waals surface area (Å²) < 4.78 is 0. The fourth-order valence-corrected chi connectivity index (χ4v) is 1.94. The van der Waals surface area contributed by atoms with Crippen LogP contribution in [-0.2, 0) is 11.2 Å². The van der Waals surface area contributed by atoms with E-state index in [0.717, 1.165) is 19.5 Å². The number of rotatable bonds is 6. The number of pyridine rings is 1. The van der Waals surface area contributed by atoms with Gasteiger partial charge in [-0.05, 0) is 44.5 Å². The van der Waals surface area contributed by atoms with E-state index in [1.165, 1.54) is 5.56 Å². The van der Waals surface area contributed by atoms with Gasteiger partial charge < -0.3 is 10.2 Å². The number of likely N-dealkylation sites (N-methyl/N-ethyl adjacent to an activating group) is 2. The lowest BCUT2D eigenvalue weighted by Crippen LogP contribution is -2.53. The molecule has 0 radical (unpaired) electrons. The molecule has 0 atom stereocenters. The number of nitrogens with one attached hydrogen (secondary N) is 1. The lowest BCUT2D eigenvalue weighted by atomic mass is 10.0. The number of carbonyl (C=O) groups is 1. The van der Waals surface area contributed by atoms with Crippen molar-refractivity contribution in [3.8, 4) is 0 Å². The summed E-state index contributed by atoms with van der Waals surface area (Å²) in [5.74, 6) is 0.124. The molecule has 0 fully saturated rings. The molecule has 1 amide bonds. The van der Waals surface area contributed by atoms with Crippen LogP contribution in [-0.4, -0.2) is 41.5 Å². The lowest BCUT2D eigenvalue weighted by molar-refractivity contribution is -0.135. The van der Waals surface area contributed by atoms with E-state index in [2.05, 4.69) is 10.3 Å². The number of hydrogen-bond donors (Lipinski definition) is 1. The van der Waals surface area contributed by atoms with Gasteiger partial charge >= 0.3 is 0 Å². The topological polar surface area (TPSA) is 45.2 Å². The Kier molecular flexibility index (Phi) is 5.28. The second kappa shape index (κ2) is 6.50. The largest absolute Gasteiger partial charge is 0.344 e. The van der Waals surface area contributed by atoms with Gasteiger partial charge in [-0.1, -0.05) is 6.92 Å². The molecule has 18 heavy (non-hydrogen) atoms. The molecule has 0 saturated heterocycles. The predicted molar refractivity (Wildman–Crippen MR) is 73.3 cm³/mol. The third-order valence-electron chi connectivity index (χ3n) is 2.99. The maximum Gasteiger partial charge on any atom is 0.242 e. The van der Waals surface area contributed by atoms with E-state index < -0.39 is 5.54 Å². The van der Waals surface area contributed by atoms with E-state index in [1.807, 2.05) is 40.0 Å². The van der Waals surface area contributed by atoms with Gasteiger partial charge in [0.05, 0.1) is 5.54 Å². The van der Waals surface area contributed by atoms with E-state index in [0.29, 0.717) is 0 Å². The Morgan fingerprint density at radius 1 is 1.39 bits per heavy atom. The maximum atomic E-state index is 12.2. The SMILES string of the molecule is CCNC(C)(C)C(=O)N(C)CCc1ccncc1. The minimum atomic E-state index is -0.498. The van der Waals surface area contributed by atoms with Crippen molar-refractivity contribution in [3.63, 3.8) is 0 Å². The second-order valence-corrected chi connectivity index (χ2v) is 4.99. The van der Waals surface area contributed by atoms with E-state index >= 15 is 0 Å². The van der Waals surface area contributed by atoms with E-state index in [9.17, 15) is 4.79 Å². The van der Waals surface area contributed by atoms with Crippen LogP contribution < -0.4 is 5.32 Å². The quantitative estimate of drug-likeness (QED) is 0.830. The minimum absolute atomic E-state index is 0.124. The van der Waals surface area contributed by atoms with Gasteiger partial charge in [-0.15, -0.1) is 0 Å². The Hall–Kier alpha value is -1.42. The smallest absolute Gasteiger partial charge is 0.242 e. The van der Waals surface area contributed by atoms with Crippen molar-refractivity contribution in [1.29, 1.82) is 0 Å². The summed E-state index contributed by atoms with van der Waals surface area (Å²) in [4.78, 5) is 18.0. The first-order valence-corrected chi connectivity index (χ1v) is 6.37. The summed E-state index contributed by atoms with van der Waals surface area (Å²) in [6.45, 7) is 7.35. The number of amides is 1. The summed E-state index contributed by atoms with van der Waals surface area (Å²) in [5, 5.41) is 3.20. The Morgan fingerprint density at radius 3 is 2.56 bits per heavy atom. The fourth-order valence-electron chi connectivity index (χ4n) is 1.94. The molecule has 0 aliphatic carbocycles. The average Bonchev–Trinajstić information content (AvgIpc) is 2.36. The molecule has 0 spiro atoms. The molecule has 0 aliphatic rings. The third-order valence-corrected chi connectivity index (χ3v) is 2.99. The lowest BCUT2D eigenvalue weighted by Gasteiger charge is -2.30. The first kappa shape index (κ1) is 14.6. The van der Waals surface area contributed by atoms with Crippen LogP contribution in [0.15, 0.2) is 24.5 Å². The van der Waals surface area contributed by atoms with Gasteiger partial charge in [0.15, 0.2) is 0 Å². The van der Waals surface area contributed by atoms with Crippen molar-refractivity contribution in [1.82, 2.24) is 15.2 Å². The van der Waals surface area contributed by atoms with E-state index in [4.69, 9.17) is 0 Å². The molecule has 1 aromatic heterocycles. The van der Waals surface area contributed by atoms with E-state index in [1.54, 1.807) is 17.3 Å². The monoisotopic (exact) mass is 249 g/mol. The van der Waals surface area contributed by atoms with Crippen molar-refractivity contribution in [2.24, 2.45) is 0 Å². The highest BCUT2D eigenvalue weighted by Gasteiger charge is 2.28. The van der Waals surface area contributed by atoms with E-state index in [-0.39, 0.29) is 5.91 Å². The molecule has 1 rings (SSSR count). The van der Waals surface area contributed by atoms with Crippen molar-refractivity contribution >= 4 is 5.91 Å². The zero-order chi connectivity index (χ0) is 13.6. The number of hydrogen-bond acceptors (Lipinski definition) is 3. The molecule has 1 N–H and O–H groups in total. The predicted octanol–water partition coefficient (Wildman–Crippen LogP) is 1.47. The molecule has 0 aliphatic heterocycles. The van der Waals surface area contributed by atoms with Crippen LogP contribution in [0.5, 0.6) is 0 Å². The Morgan fingerprint density at radius 2 is 2.00 bits per heavy atom. The summed E-state index contributed by atoms with van der Waals surface area (Å²) >= 11 is 0. The van der Waals surface area contributed by atoms with Gasteiger partial charge in [0.25, 0.3) is 0 Å². The first-order chi connectivity index (χ1) is 8.47. The molecule has 4 heteroatoms. The van der Waals surface area contributed by atoms with Gasteiger partial charge in [-0.2, -0.15) is 0 Å². The fraction of sp³-hybridized carbons (Fsp3) is 0.571. The highest BCUT2D eigenvalue weighted by molar-refractivity contribution is 5.85. The molecule has 0 saturated carbocycles. The zero-order valence-corrected chi connectivity index (χ0v) is 11.7. The summed E-state index contributed by atoms with van der Waals surface area (Å²) in [5.41, 5.74) is 0.702. The number of aromatic nitrogens is 1. The van der Waals surface area contributed by atoms with Crippen molar-refractivity contribution in [2.45, 2.75) is 32.7 Å². The van der Waals surface area contributed by atoms with Crippen molar-refractivity contribution in [3.05, 3.63) is 30.1 Å². The maximum absolute atomic E-state index is 12.2. The first-order valence-electron chi connectivity index (χ1n) is 6.37. The van der Waals surface area contributed by atoms with Crippen LogP contribution in [0, 0.1) is 0 Å². The van der Waals surface area contributed by atoms with Gasteiger partial charge in [0.1, 0.15) is 0 Å². The van der Waals surface area contributed by atoms with Gasteiger partial charge in [-0.25, -0.2) is 0 Å². The van der Waals surface area contributed by atoms with Crippen LogP contribution in [0.25, 0.3) is 0 Å². The highest BCUT2D eigenvalue weighted by atomic mass is 16.2. The number of carbonyl (C=O) groups excluding carboxylic acids is 1. The summed E-state index contributed by atoms with van der Waals surface area (Å²) in [6.07, 6.45) is 4.41. The molecule has 0 bridgehead atoms. The Bertz CT molecular complexity index is 376. The molecule has 1 heterocycles. The Balaban J connectivity index is 2.50. The molecule has 4 nitrogen and oxygen atoms in total. The van der Waals surface area contributed by atoms with Crippen molar-refractivity contribution in [2.75, 3.05) is 20.1 Å². The van der Waals surface area contributed by atoms with Gasteiger partial charge in [0.2, 0.25) is 5.91 Å². The van der Waals surface area contributed by atoms with Crippen LogP contribution in [0.4, 0.5) is 0 Å². The molecular formula is C14H23N3O. The standard InChI is InChI=1S/C14H23N3O/c1-5-16-14(2,3)13(18)17(4)11-8-12-6-9-15-10-7-12/h6-7,9-10,16H,5,8,11H2,1-4H3. The Labute approximate surface area is 109 Å². The van der Waals surface area contributed by atoms with Crippen LogP contribution in [0.2, 0.25) is 0 Å². The van der Waals surface area contributed by atoms with Crippen LogP contribution in [0.3, 0.4) is 0 Å². The molecule has 0 unspecified atom stereocenters. The van der Waals surface area contributed by atoms with Crippen LogP contribution >= 0.6 is 0 Å². The normalized spacial score (nSPS) is 11.3. The van der Waals surface area contributed by atoms with Gasteiger partial charge in [-0.3, -0.25) is 9.78 Å². The second-order valence-electron chi connectivity index (χ2n) is 4.99. The van der Waals surface area contributed by atoms with Crippen LogP contribution in [0.1, 0.15) is 26.3 Å². The summed E-state index contributed by atoms with van der Waals surface area (Å²) in [6, 6.07) is 3.96. The highest BCUT2D eigenvalue weighted by Crippen LogP contribution is 2.08. The summed E-state index contributed by atoms with van der Waals surface area (Å²) in [7, 11) is 1.85. The van der Waals surface area contributed by atoms with Gasteiger partial charge in [0, 0.05) is 26.0 Å². The average molecular weight is 249 g/mol. The molecule has 100 valence electrons. The molecular weight excluding hydrogens is 226 g/mol. The molecule has 0 aromatic carbocycles.